The molecule has 1 aliphatic heterocycles. The molecule has 9 nitrogen and oxygen atoms in total. The first-order valence-electron chi connectivity index (χ1n) is 11.4. The number of carbonyl (C=O) groups excluding carboxylic acids is 2. The summed E-state index contributed by atoms with van der Waals surface area (Å²) in [6, 6.07) is 9.38. The average molecular weight is 467 g/mol. The number of hydrogen-bond donors (Lipinski definition) is 1. The van der Waals surface area contributed by atoms with Gasteiger partial charge in [-0.1, -0.05) is 37.3 Å². The molecular weight excluding hydrogens is 436 g/mol. The van der Waals surface area contributed by atoms with Crippen molar-refractivity contribution >= 4 is 23.6 Å². The van der Waals surface area contributed by atoms with Crippen LogP contribution in [0.1, 0.15) is 50.4 Å². The number of aliphatic hydroxyl groups excluding tert-OH is 1. The molecule has 4 rings (SSSR count). The van der Waals surface area contributed by atoms with Crippen molar-refractivity contribution < 1.29 is 24.2 Å². The number of hydrogen-bond acceptors (Lipinski definition) is 8. The first kappa shape index (κ1) is 23.5. The SMILES string of the molecule is C[C@@H]1C(C(=O)OCc2ccccc2)=C(O)c2ncnc(N3CCN(C(=O)OC(C)(C)C)CC3)c21. The molecule has 34 heavy (non-hydrogen) atoms. The topological polar surface area (TPSA) is 105 Å². The zero-order chi connectivity index (χ0) is 24.5. The summed E-state index contributed by atoms with van der Waals surface area (Å²) in [6.45, 7) is 9.53. The van der Waals surface area contributed by atoms with Crippen molar-refractivity contribution in [2.24, 2.45) is 0 Å². The van der Waals surface area contributed by atoms with Crippen LogP contribution < -0.4 is 4.90 Å². The molecule has 0 spiro atoms. The first-order chi connectivity index (χ1) is 16.2. The molecule has 1 saturated heterocycles. The van der Waals surface area contributed by atoms with Gasteiger partial charge in [-0.05, 0) is 26.3 Å². The number of piperazine rings is 1. The zero-order valence-corrected chi connectivity index (χ0v) is 19.9. The van der Waals surface area contributed by atoms with Crippen LogP contribution in [0.15, 0.2) is 42.2 Å². The van der Waals surface area contributed by atoms with Crippen LogP contribution in [0.25, 0.3) is 5.76 Å². The van der Waals surface area contributed by atoms with Crippen molar-refractivity contribution in [2.75, 3.05) is 31.1 Å². The molecule has 1 N–H and O–H groups in total. The molecule has 2 aromatic rings. The number of amides is 1. The van der Waals surface area contributed by atoms with E-state index in [0.717, 1.165) is 5.56 Å². The zero-order valence-electron chi connectivity index (χ0n) is 19.9. The van der Waals surface area contributed by atoms with E-state index in [4.69, 9.17) is 9.47 Å². The van der Waals surface area contributed by atoms with Gasteiger partial charge in [-0.25, -0.2) is 19.6 Å². The summed E-state index contributed by atoms with van der Waals surface area (Å²) in [4.78, 5) is 37.7. The van der Waals surface area contributed by atoms with Crippen LogP contribution in [0.3, 0.4) is 0 Å². The van der Waals surface area contributed by atoms with E-state index in [1.165, 1.54) is 6.33 Å². The monoisotopic (exact) mass is 466 g/mol. The van der Waals surface area contributed by atoms with Crippen LogP contribution in [-0.2, 0) is 20.9 Å². The number of aliphatic hydroxyl groups is 1. The van der Waals surface area contributed by atoms with E-state index in [-0.39, 0.29) is 24.0 Å². The molecule has 1 aromatic heterocycles. The van der Waals surface area contributed by atoms with Crippen LogP contribution in [0.5, 0.6) is 0 Å². The lowest BCUT2D eigenvalue weighted by Crippen LogP contribution is -2.50. The van der Waals surface area contributed by atoms with E-state index in [2.05, 4.69) is 9.97 Å². The number of nitrogens with zero attached hydrogens (tertiary/aromatic N) is 4. The van der Waals surface area contributed by atoms with Gasteiger partial charge in [0.2, 0.25) is 0 Å². The Balaban J connectivity index is 1.46. The van der Waals surface area contributed by atoms with Crippen molar-refractivity contribution in [3.63, 3.8) is 0 Å². The standard InChI is InChI=1S/C25H30N4O5/c1-16-18-20(21(30)19(16)23(31)33-14-17-8-6-5-7-9-17)26-15-27-22(18)28-10-12-29(13-11-28)24(32)34-25(2,3)4/h5-9,15-16,30H,10-14H2,1-4H3/t16-/m0/s1. The summed E-state index contributed by atoms with van der Waals surface area (Å²) in [5.74, 6) is -0.527. The fourth-order valence-corrected chi connectivity index (χ4v) is 4.20. The Kier molecular flexibility index (Phi) is 6.45. The van der Waals surface area contributed by atoms with Crippen LogP contribution in [0, 0.1) is 0 Å². The molecule has 2 aliphatic rings. The minimum absolute atomic E-state index is 0.116. The van der Waals surface area contributed by atoms with Crippen molar-refractivity contribution in [3.05, 3.63) is 59.1 Å². The Morgan fingerprint density at radius 2 is 1.76 bits per heavy atom. The molecule has 1 aliphatic carbocycles. The molecule has 1 aromatic carbocycles. The number of carbonyl (C=O) groups is 2. The van der Waals surface area contributed by atoms with Gasteiger partial charge < -0.3 is 24.4 Å². The number of anilines is 1. The highest BCUT2D eigenvalue weighted by Crippen LogP contribution is 2.44. The van der Waals surface area contributed by atoms with Gasteiger partial charge in [0.25, 0.3) is 0 Å². The number of fused-ring (bicyclic) bond motifs is 1. The molecule has 1 atom stereocenters. The van der Waals surface area contributed by atoms with Crippen LogP contribution in [0.2, 0.25) is 0 Å². The van der Waals surface area contributed by atoms with E-state index in [9.17, 15) is 14.7 Å². The first-order valence-corrected chi connectivity index (χ1v) is 11.4. The molecule has 180 valence electrons. The number of aromatic nitrogens is 2. The lowest BCUT2D eigenvalue weighted by atomic mass is 9.98. The quantitative estimate of drug-likeness (QED) is 0.681. The predicted octanol–water partition coefficient (Wildman–Crippen LogP) is 3.66. The third kappa shape index (κ3) is 4.83. The number of rotatable bonds is 4. The molecule has 0 unspecified atom stereocenters. The van der Waals surface area contributed by atoms with Gasteiger partial charge in [0.05, 0.1) is 5.57 Å². The molecule has 1 amide bonds. The summed E-state index contributed by atoms with van der Waals surface area (Å²) < 4.78 is 10.9. The maximum atomic E-state index is 12.9. The van der Waals surface area contributed by atoms with E-state index in [1.807, 2.05) is 62.9 Å². The van der Waals surface area contributed by atoms with E-state index < -0.39 is 17.5 Å². The molecule has 2 heterocycles. The molecule has 0 bridgehead atoms. The second kappa shape index (κ2) is 9.32. The lowest BCUT2D eigenvalue weighted by molar-refractivity contribution is -0.140. The highest BCUT2D eigenvalue weighted by atomic mass is 16.6. The van der Waals surface area contributed by atoms with Crippen LogP contribution in [0.4, 0.5) is 10.6 Å². The summed E-state index contributed by atoms with van der Waals surface area (Å²) in [5, 5.41) is 10.8. The summed E-state index contributed by atoms with van der Waals surface area (Å²) in [5.41, 5.74) is 1.53. The largest absolute Gasteiger partial charge is 0.505 e. The molecule has 1 fully saturated rings. The minimum atomic E-state index is -0.576. The summed E-state index contributed by atoms with van der Waals surface area (Å²) >= 11 is 0. The second-order valence-corrected chi connectivity index (χ2v) is 9.46. The third-order valence-electron chi connectivity index (χ3n) is 5.87. The average Bonchev–Trinajstić information content (AvgIpc) is 3.07. The van der Waals surface area contributed by atoms with Gasteiger partial charge in [0, 0.05) is 37.7 Å². The number of ether oxygens (including phenoxy) is 2. The van der Waals surface area contributed by atoms with Crippen molar-refractivity contribution in [3.8, 4) is 0 Å². The molecular formula is C25H30N4O5. The van der Waals surface area contributed by atoms with E-state index in [0.29, 0.717) is 43.3 Å². The summed E-state index contributed by atoms with van der Waals surface area (Å²) in [7, 11) is 0. The van der Waals surface area contributed by atoms with Gasteiger partial charge in [0.1, 0.15) is 30.0 Å². The van der Waals surface area contributed by atoms with Gasteiger partial charge >= 0.3 is 12.1 Å². The fourth-order valence-electron chi connectivity index (χ4n) is 4.20. The van der Waals surface area contributed by atoms with Crippen molar-refractivity contribution in [2.45, 2.75) is 45.8 Å². The smallest absolute Gasteiger partial charge is 0.410 e. The Labute approximate surface area is 199 Å². The third-order valence-corrected chi connectivity index (χ3v) is 5.87. The highest BCUT2D eigenvalue weighted by Gasteiger charge is 2.39. The highest BCUT2D eigenvalue weighted by molar-refractivity contribution is 6.00. The van der Waals surface area contributed by atoms with E-state index in [1.54, 1.807) is 4.90 Å². The maximum Gasteiger partial charge on any atom is 0.410 e. The Hall–Kier alpha value is -3.62. The molecule has 9 heteroatoms. The van der Waals surface area contributed by atoms with Crippen LogP contribution >= 0.6 is 0 Å². The Bertz CT molecular complexity index is 1100. The Morgan fingerprint density at radius 1 is 1.09 bits per heavy atom. The lowest BCUT2D eigenvalue weighted by Gasteiger charge is -2.37. The number of esters is 1. The van der Waals surface area contributed by atoms with Crippen molar-refractivity contribution in [1.29, 1.82) is 0 Å². The second-order valence-electron chi connectivity index (χ2n) is 9.46. The van der Waals surface area contributed by atoms with E-state index >= 15 is 0 Å². The van der Waals surface area contributed by atoms with Gasteiger partial charge in [0.15, 0.2) is 5.76 Å². The van der Waals surface area contributed by atoms with Gasteiger partial charge in [-0.15, -0.1) is 0 Å². The van der Waals surface area contributed by atoms with Gasteiger partial charge in [-0.2, -0.15) is 0 Å². The summed E-state index contributed by atoms with van der Waals surface area (Å²) in [6.07, 6.45) is 1.05. The van der Waals surface area contributed by atoms with Crippen molar-refractivity contribution in [1.82, 2.24) is 14.9 Å². The maximum absolute atomic E-state index is 12.9. The van der Waals surface area contributed by atoms with Gasteiger partial charge in [-0.3, -0.25) is 0 Å². The minimum Gasteiger partial charge on any atom is -0.505 e. The fraction of sp³-hybridized carbons (Fsp3) is 0.440. The van der Waals surface area contributed by atoms with Crippen LogP contribution in [-0.4, -0.2) is 63.8 Å². The Morgan fingerprint density at radius 3 is 2.41 bits per heavy atom. The molecule has 0 radical (unpaired) electrons. The molecule has 0 saturated carbocycles. The predicted molar refractivity (Wildman–Crippen MR) is 126 cm³/mol. The number of benzene rings is 1. The normalized spacial score (nSPS) is 18.1.